The molecule has 0 radical (unpaired) electrons. The molecule has 2 atom stereocenters. The number of benzene rings is 1. The molecule has 1 aromatic carbocycles. The summed E-state index contributed by atoms with van der Waals surface area (Å²) in [5, 5.41) is 2.62. The van der Waals surface area contributed by atoms with Gasteiger partial charge in [0.2, 0.25) is 0 Å². The normalized spacial score (nSPS) is 23.0. The lowest BCUT2D eigenvalue weighted by molar-refractivity contribution is -0.122. The molecule has 1 heterocycles. The molecule has 0 aromatic heterocycles. The van der Waals surface area contributed by atoms with E-state index in [2.05, 4.69) is 5.32 Å². The number of nitrogens with zero attached hydrogens (tertiary/aromatic N) is 1. The minimum absolute atomic E-state index is 0.320. The summed E-state index contributed by atoms with van der Waals surface area (Å²) in [6.45, 7) is 7.43. The van der Waals surface area contributed by atoms with E-state index in [1.807, 2.05) is 0 Å². The first-order chi connectivity index (χ1) is 12.1. The molecule has 0 saturated heterocycles. The molecule has 1 fully saturated rings. The quantitative estimate of drug-likeness (QED) is 0.894. The minimum Gasteiger partial charge on any atom is -0.486 e. The molecule has 6 nitrogen and oxygen atoms in total. The van der Waals surface area contributed by atoms with Gasteiger partial charge in [0.05, 0.1) is 5.69 Å². The van der Waals surface area contributed by atoms with Crippen molar-refractivity contribution in [3.05, 3.63) is 24.0 Å². The van der Waals surface area contributed by atoms with Gasteiger partial charge in [-0.15, -0.1) is 0 Å². The Morgan fingerprint density at radius 2 is 2.08 bits per heavy atom. The van der Waals surface area contributed by atoms with E-state index >= 15 is 0 Å². The van der Waals surface area contributed by atoms with Gasteiger partial charge in [-0.2, -0.15) is 0 Å². The number of amides is 2. The zero-order valence-corrected chi connectivity index (χ0v) is 15.5. The number of rotatable bonds is 3. The van der Waals surface area contributed by atoms with Crippen molar-refractivity contribution >= 4 is 17.7 Å². The molecule has 1 aliphatic heterocycles. The van der Waals surface area contributed by atoms with E-state index in [1.54, 1.807) is 27.7 Å². The van der Waals surface area contributed by atoms with Gasteiger partial charge in [-0.3, -0.25) is 4.79 Å². The Balaban J connectivity index is 1.88. The molecule has 1 saturated carbocycles. The van der Waals surface area contributed by atoms with E-state index in [1.165, 1.54) is 23.1 Å². The summed E-state index contributed by atoms with van der Waals surface area (Å²) in [7, 11) is 0. The Morgan fingerprint density at radius 3 is 2.69 bits per heavy atom. The van der Waals surface area contributed by atoms with Crippen LogP contribution >= 0.6 is 0 Å². The van der Waals surface area contributed by atoms with Crippen molar-refractivity contribution in [1.29, 1.82) is 0 Å². The number of hydrogen-bond donors (Lipinski definition) is 1. The average molecular weight is 364 g/mol. The van der Waals surface area contributed by atoms with E-state index in [4.69, 9.17) is 9.47 Å². The molecule has 3 rings (SSSR count). The smallest absolute Gasteiger partial charge is 0.408 e. The van der Waals surface area contributed by atoms with Crippen molar-refractivity contribution in [3.8, 4) is 5.75 Å². The fourth-order valence-corrected chi connectivity index (χ4v) is 2.92. The monoisotopic (exact) mass is 364 g/mol. The molecule has 2 aliphatic rings. The van der Waals surface area contributed by atoms with Crippen LogP contribution in [-0.4, -0.2) is 36.3 Å². The zero-order chi connectivity index (χ0) is 19.1. The Kier molecular flexibility index (Phi) is 4.82. The van der Waals surface area contributed by atoms with Crippen molar-refractivity contribution in [2.45, 2.75) is 58.3 Å². The SMILES string of the molecule is C[C@H]1Oc2ccc(F)cc2N(CC2CC2)C(=O)[C@H]1NC(=O)OC(C)(C)C. The van der Waals surface area contributed by atoms with E-state index in [-0.39, 0.29) is 5.91 Å². The first kappa shape index (κ1) is 18.5. The second-order valence-electron chi connectivity index (χ2n) is 7.95. The highest BCUT2D eigenvalue weighted by atomic mass is 19.1. The highest BCUT2D eigenvalue weighted by Crippen LogP contribution is 2.38. The molecule has 2 amide bonds. The predicted molar refractivity (Wildman–Crippen MR) is 94.7 cm³/mol. The van der Waals surface area contributed by atoms with Crippen LogP contribution < -0.4 is 15.0 Å². The lowest BCUT2D eigenvalue weighted by Crippen LogP contribution is -2.55. The topological polar surface area (TPSA) is 67.9 Å². The van der Waals surface area contributed by atoms with Crippen molar-refractivity contribution in [2.75, 3.05) is 11.4 Å². The number of halogens is 1. The third-order valence-corrected chi connectivity index (χ3v) is 4.34. The van der Waals surface area contributed by atoms with E-state index < -0.39 is 29.7 Å². The van der Waals surface area contributed by atoms with E-state index in [0.29, 0.717) is 23.9 Å². The van der Waals surface area contributed by atoms with Gasteiger partial charge in [0.15, 0.2) is 0 Å². The minimum atomic E-state index is -0.918. The fraction of sp³-hybridized carbons (Fsp3) is 0.579. The Labute approximate surface area is 152 Å². The maximum absolute atomic E-state index is 13.8. The Hall–Kier alpha value is -2.31. The van der Waals surface area contributed by atoms with Gasteiger partial charge in [0.1, 0.15) is 29.3 Å². The van der Waals surface area contributed by atoms with Gasteiger partial charge in [-0.1, -0.05) is 0 Å². The lowest BCUT2D eigenvalue weighted by atomic mass is 10.1. The lowest BCUT2D eigenvalue weighted by Gasteiger charge is -2.27. The maximum Gasteiger partial charge on any atom is 0.408 e. The van der Waals surface area contributed by atoms with Crippen LogP contribution in [-0.2, 0) is 9.53 Å². The second-order valence-corrected chi connectivity index (χ2v) is 7.95. The molecule has 7 heteroatoms. The largest absolute Gasteiger partial charge is 0.486 e. The number of anilines is 1. The summed E-state index contributed by atoms with van der Waals surface area (Å²) in [4.78, 5) is 26.9. The zero-order valence-electron chi connectivity index (χ0n) is 15.5. The van der Waals surface area contributed by atoms with Crippen molar-refractivity contribution < 1.29 is 23.5 Å². The maximum atomic E-state index is 13.8. The van der Waals surface area contributed by atoms with Gasteiger partial charge in [0.25, 0.3) is 5.91 Å². The number of fused-ring (bicyclic) bond motifs is 1. The molecule has 0 unspecified atom stereocenters. The highest BCUT2D eigenvalue weighted by molar-refractivity contribution is 6.01. The van der Waals surface area contributed by atoms with Gasteiger partial charge < -0.3 is 19.7 Å². The molecule has 26 heavy (non-hydrogen) atoms. The van der Waals surface area contributed by atoms with Crippen LogP contribution in [0.15, 0.2) is 18.2 Å². The summed E-state index contributed by atoms with van der Waals surface area (Å²) in [5.74, 6) is 0.0683. The molecular weight excluding hydrogens is 339 g/mol. The van der Waals surface area contributed by atoms with Gasteiger partial charge in [0, 0.05) is 12.6 Å². The number of alkyl carbamates (subject to hydrolysis) is 1. The van der Waals surface area contributed by atoms with E-state index in [9.17, 15) is 14.0 Å². The standard InChI is InChI=1S/C19H25FN2O4/c1-11-16(21-18(24)26-19(2,3)4)17(23)22(10-12-5-6-12)14-9-13(20)7-8-15(14)25-11/h7-9,11-12,16H,5-6,10H2,1-4H3,(H,21,24)/t11-,16+/m1/s1. The Morgan fingerprint density at radius 1 is 1.38 bits per heavy atom. The van der Waals surface area contributed by atoms with Crippen LogP contribution in [0.1, 0.15) is 40.5 Å². The number of ether oxygens (including phenoxy) is 2. The predicted octanol–water partition coefficient (Wildman–Crippen LogP) is 3.24. The molecule has 0 bridgehead atoms. The molecule has 1 aromatic rings. The number of carbonyl (C=O) groups is 2. The first-order valence-electron chi connectivity index (χ1n) is 8.91. The van der Waals surface area contributed by atoms with Gasteiger partial charge in [-0.05, 0) is 58.6 Å². The molecule has 1 N–H and O–H groups in total. The number of hydrogen-bond acceptors (Lipinski definition) is 4. The van der Waals surface area contributed by atoms with Crippen LogP contribution in [0.3, 0.4) is 0 Å². The van der Waals surface area contributed by atoms with Crippen molar-refractivity contribution in [2.24, 2.45) is 5.92 Å². The highest BCUT2D eigenvalue weighted by Gasteiger charge is 2.40. The van der Waals surface area contributed by atoms with Crippen LogP contribution in [0.25, 0.3) is 0 Å². The molecule has 0 spiro atoms. The summed E-state index contributed by atoms with van der Waals surface area (Å²) in [6.07, 6.45) is 0.766. The number of nitrogens with one attached hydrogen (secondary N) is 1. The molecular formula is C19H25FN2O4. The fourth-order valence-electron chi connectivity index (χ4n) is 2.92. The third kappa shape index (κ3) is 4.26. The van der Waals surface area contributed by atoms with Gasteiger partial charge >= 0.3 is 6.09 Å². The first-order valence-corrected chi connectivity index (χ1v) is 8.91. The molecule has 1 aliphatic carbocycles. The third-order valence-electron chi connectivity index (χ3n) is 4.34. The summed E-state index contributed by atoms with van der Waals surface area (Å²) >= 11 is 0. The van der Waals surface area contributed by atoms with Crippen LogP contribution in [0, 0.1) is 11.7 Å². The summed E-state index contributed by atoms with van der Waals surface area (Å²) < 4.78 is 24.9. The second kappa shape index (κ2) is 6.78. The van der Waals surface area contributed by atoms with Gasteiger partial charge in [-0.25, -0.2) is 9.18 Å². The van der Waals surface area contributed by atoms with Crippen LogP contribution in [0.4, 0.5) is 14.9 Å². The number of carbonyl (C=O) groups excluding carboxylic acids is 2. The average Bonchev–Trinajstić information content (AvgIpc) is 3.33. The molecule has 142 valence electrons. The van der Waals surface area contributed by atoms with E-state index in [0.717, 1.165) is 12.8 Å². The summed E-state index contributed by atoms with van der Waals surface area (Å²) in [6, 6.07) is 3.20. The van der Waals surface area contributed by atoms with Crippen LogP contribution in [0.5, 0.6) is 5.75 Å². The van der Waals surface area contributed by atoms with Crippen LogP contribution in [0.2, 0.25) is 0 Å². The Bertz CT molecular complexity index is 712. The van der Waals surface area contributed by atoms with Crippen molar-refractivity contribution in [3.63, 3.8) is 0 Å². The van der Waals surface area contributed by atoms with Crippen molar-refractivity contribution in [1.82, 2.24) is 5.32 Å². The summed E-state index contributed by atoms with van der Waals surface area (Å²) in [5.41, 5.74) is -0.274.